The molecule has 26 heavy (non-hydrogen) atoms. The number of piperidine rings is 1. The minimum atomic E-state index is -0.254. The molecule has 4 nitrogen and oxygen atoms in total. The van der Waals surface area contributed by atoms with E-state index < -0.39 is 0 Å². The zero-order valence-corrected chi connectivity index (χ0v) is 15.4. The van der Waals surface area contributed by atoms with Crippen molar-refractivity contribution in [1.29, 1.82) is 0 Å². The standard InChI is InChI=1S/C22H25NO3/c1-16-8-6-7-11-20(16)21(24)23-14-12-19(13-15-23)22(25)26-17(2)18-9-4-3-5-10-18/h3-11,17,19H,12-15H2,1-2H3/t17-/m1/s1. The molecule has 2 aromatic rings. The van der Waals surface area contributed by atoms with Gasteiger partial charge in [0, 0.05) is 18.7 Å². The quantitative estimate of drug-likeness (QED) is 0.778. The average molecular weight is 351 g/mol. The molecule has 0 spiro atoms. The summed E-state index contributed by atoms with van der Waals surface area (Å²) in [4.78, 5) is 27.0. The lowest BCUT2D eigenvalue weighted by Crippen LogP contribution is -2.41. The van der Waals surface area contributed by atoms with E-state index in [0.29, 0.717) is 25.9 Å². The van der Waals surface area contributed by atoms with Gasteiger partial charge < -0.3 is 9.64 Å². The Morgan fingerprint density at radius 2 is 1.62 bits per heavy atom. The van der Waals surface area contributed by atoms with Gasteiger partial charge in [-0.25, -0.2) is 0 Å². The minimum absolute atomic E-state index is 0.0487. The predicted molar refractivity (Wildman–Crippen MR) is 101 cm³/mol. The number of hydrogen-bond donors (Lipinski definition) is 0. The van der Waals surface area contributed by atoms with Crippen molar-refractivity contribution in [2.24, 2.45) is 5.92 Å². The average Bonchev–Trinajstić information content (AvgIpc) is 2.68. The molecule has 1 aliphatic rings. The molecule has 4 heteroatoms. The molecular weight excluding hydrogens is 326 g/mol. The Balaban J connectivity index is 1.54. The lowest BCUT2D eigenvalue weighted by atomic mass is 9.96. The summed E-state index contributed by atoms with van der Waals surface area (Å²) >= 11 is 0. The highest BCUT2D eigenvalue weighted by Gasteiger charge is 2.30. The molecule has 1 fully saturated rings. The molecule has 2 aromatic carbocycles. The number of ether oxygens (including phenoxy) is 1. The maximum Gasteiger partial charge on any atom is 0.309 e. The first-order chi connectivity index (χ1) is 12.6. The second kappa shape index (κ2) is 8.17. The van der Waals surface area contributed by atoms with E-state index in [9.17, 15) is 9.59 Å². The summed E-state index contributed by atoms with van der Waals surface area (Å²) in [5.74, 6) is -0.251. The fourth-order valence-corrected chi connectivity index (χ4v) is 3.36. The first kappa shape index (κ1) is 18.2. The number of esters is 1. The van der Waals surface area contributed by atoms with Crippen molar-refractivity contribution >= 4 is 11.9 Å². The molecule has 1 heterocycles. The number of likely N-dealkylation sites (tertiary alicyclic amines) is 1. The highest BCUT2D eigenvalue weighted by molar-refractivity contribution is 5.95. The second-order valence-corrected chi connectivity index (χ2v) is 6.87. The van der Waals surface area contributed by atoms with E-state index in [0.717, 1.165) is 16.7 Å². The van der Waals surface area contributed by atoms with Gasteiger partial charge in [-0.05, 0) is 43.9 Å². The van der Waals surface area contributed by atoms with Gasteiger partial charge in [-0.2, -0.15) is 0 Å². The second-order valence-electron chi connectivity index (χ2n) is 6.87. The van der Waals surface area contributed by atoms with Crippen molar-refractivity contribution in [3.8, 4) is 0 Å². The molecule has 0 bridgehead atoms. The zero-order valence-electron chi connectivity index (χ0n) is 15.4. The van der Waals surface area contributed by atoms with Gasteiger partial charge in [-0.3, -0.25) is 9.59 Å². The number of benzene rings is 2. The Hall–Kier alpha value is -2.62. The third-order valence-electron chi connectivity index (χ3n) is 5.05. The fraction of sp³-hybridized carbons (Fsp3) is 0.364. The zero-order chi connectivity index (χ0) is 18.5. The minimum Gasteiger partial charge on any atom is -0.458 e. The molecule has 0 radical (unpaired) electrons. The van der Waals surface area contributed by atoms with Crippen LogP contribution in [0.15, 0.2) is 54.6 Å². The monoisotopic (exact) mass is 351 g/mol. The number of carbonyl (C=O) groups excluding carboxylic acids is 2. The van der Waals surface area contributed by atoms with Gasteiger partial charge in [0.2, 0.25) is 0 Å². The van der Waals surface area contributed by atoms with Crippen LogP contribution >= 0.6 is 0 Å². The Morgan fingerprint density at radius 1 is 1.00 bits per heavy atom. The number of aryl methyl sites for hydroxylation is 1. The van der Waals surface area contributed by atoms with Crippen LogP contribution in [0, 0.1) is 12.8 Å². The van der Waals surface area contributed by atoms with E-state index in [2.05, 4.69) is 0 Å². The number of hydrogen-bond acceptors (Lipinski definition) is 3. The molecule has 0 unspecified atom stereocenters. The predicted octanol–water partition coefficient (Wildman–Crippen LogP) is 4.15. The Bertz CT molecular complexity index is 764. The number of amides is 1. The normalized spacial score (nSPS) is 16.2. The Morgan fingerprint density at radius 3 is 2.27 bits per heavy atom. The lowest BCUT2D eigenvalue weighted by Gasteiger charge is -2.31. The highest BCUT2D eigenvalue weighted by Crippen LogP contribution is 2.24. The third kappa shape index (κ3) is 4.13. The molecule has 3 rings (SSSR count). The van der Waals surface area contributed by atoms with Crippen LogP contribution in [0.3, 0.4) is 0 Å². The van der Waals surface area contributed by atoms with Gasteiger partial charge in [0.15, 0.2) is 0 Å². The van der Waals surface area contributed by atoms with Crippen molar-refractivity contribution < 1.29 is 14.3 Å². The number of carbonyl (C=O) groups is 2. The Labute approximate surface area is 154 Å². The van der Waals surface area contributed by atoms with Crippen LogP contribution in [0.1, 0.15) is 47.4 Å². The molecule has 1 saturated heterocycles. The summed E-state index contributed by atoms with van der Waals surface area (Å²) in [6, 6.07) is 17.4. The van der Waals surface area contributed by atoms with Gasteiger partial charge in [0.1, 0.15) is 6.10 Å². The van der Waals surface area contributed by atoms with E-state index in [-0.39, 0.29) is 23.9 Å². The van der Waals surface area contributed by atoms with Crippen LogP contribution < -0.4 is 0 Å². The molecule has 1 atom stereocenters. The van der Waals surface area contributed by atoms with Crippen molar-refractivity contribution in [2.75, 3.05) is 13.1 Å². The van der Waals surface area contributed by atoms with Gasteiger partial charge in [-0.15, -0.1) is 0 Å². The first-order valence-electron chi connectivity index (χ1n) is 9.16. The van der Waals surface area contributed by atoms with Crippen LogP contribution in [-0.4, -0.2) is 29.9 Å². The third-order valence-corrected chi connectivity index (χ3v) is 5.05. The molecule has 1 aliphatic heterocycles. The van der Waals surface area contributed by atoms with Crippen LogP contribution in [0.4, 0.5) is 0 Å². The smallest absolute Gasteiger partial charge is 0.309 e. The Kier molecular flexibility index (Phi) is 5.71. The summed E-state index contributed by atoms with van der Waals surface area (Å²) in [6.45, 7) is 5.02. The first-order valence-corrected chi connectivity index (χ1v) is 9.16. The molecule has 136 valence electrons. The van der Waals surface area contributed by atoms with E-state index >= 15 is 0 Å². The van der Waals surface area contributed by atoms with Crippen molar-refractivity contribution in [3.05, 3.63) is 71.3 Å². The fourth-order valence-electron chi connectivity index (χ4n) is 3.36. The van der Waals surface area contributed by atoms with E-state index in [1.54, 1.807) is 0 Å². The summed E-state index contributed by atoms with van der Waals surface area (Å²) in [6.07, 6.45) is 1.05. The van der Waals surface area contributed by atoms with E-state index in [1.807, 2.05) is 73.3 Å². The van der Waals surface area contributed by atoms with Crippen LogP contribution in [-0.2, 0) is 9.53 Å². The van der Waals surface area contributed by atoms with Crippen molar-refractivity contribution in [2.45, 2.75) is 32.8 Å². The van der Waals surface area contributed by atoms with Gasteiger partial charge in [0.25, 0.3) is 5.91 Å². The maximum absolute atomic E-state index is 12.7. The molecule has 0 saturated carbocycles. The molecule has 0 aromatic heterocycles. The maximum atomic E-state index is 12.7. The number of rotatable bonds is 4. The van der Waals surface area contributed by atoms with E-state index in [4.69, 9.17) is 4.74 Å². The van der Waals surface area contributed by atoms with E-state index in [1.165, 1.54) is 0 Å². The van der Waals surface area contributed by atoms with Gasteiger partial charge in [0.05, 0.1) is 5.92 Å². The van der Waals surface area contributed by atoms with Crippen LogP contribution in [0.25, 0.3) is 0 Å². The summed E-state index contributed by atoms with van der Waals surface area (Å²) in [5.41, 5.74) is 2.72. The molecule has 0 N–H and O–H groups in total. The lowest BCUT2D eigenvalue weighted by molar-refractivity contribution is -0.155. The summed E-state index contributed by atoms with van der Waals surface area (Å²) in [7, 11) is 0. The molecule has 0 aliphatic carbocycles. The van der Waals surface area contributed by atoms with Gasteiger partial charge in [-0.1, -0.05) is 48.5 Å². The molecular formula is C22H25NO3. The SMILES string of the molecule is Cc1ccccc1C(=O)N1CCC(C(=O)O[C@H](C)c2ccccc2)CC1. The van der Waals surface area contributed by atoms with Gasteiger partial charge >= 0.3 is 5.97 Å². The largest absolute Gasteiger partial charge is 0.458 e. The molecule has 1 amide bonds. The summed E-state index contributed by atoms with van der Waals surface area (Å²) in [5, 5.41) is 0. The van der Waals surface area contributed by atoms with Crippen LogP contribution in [0.5, 0.6) is 0 Å². The number of nitrogens with zero attached hydrogens (tertiary/aromatic N) is 1. The van der Waals surface area contributed by atoms with Crippen molar-refractivity contribution in [3.63, 3.8) is 0 Å². The topological polar surface area (TPSA) is 46.6 Å². The summed E-state index contributed by atoms with van der Waals surface area (Å²) < 4.78 is 5.63. The highest BCUT2D eigenvalue weighted by atomic mass is 16.5. The van der Waals surface area contributed by atoms with Crippen molar-refractivity contribution in [1.82, 2.24) is 4.90 Å². The van der Waals surface area contributed by atoms with Crippen LogP contribution in [0.2, 0.25) is 0 Å².